The number of nitrogens with two attached hydrogens (primary N) is 1. The van der Waals surface area contributed by atoms with Crippen molar-refractivity contribution < 1.29 is 4.74 Å². The standard InChI is InChI=1S/C10H19NO/c1-9(2)7-8(3-6-12-9)10(11)4-5-10/h8H,3-7,11H2,1-2H3/t8-/m1/s1. The van der Waals surface area contributed by atoms with Gasteiger partial charge in [-0.3, -0.25) is 0 Å². The van der Waals surface area contributed by atoms with Gasteiger partial charge in [0.15, 0.2) is 0 Å². The minimum Gasteiger partial charge on any atom is -0.376 e. The van der Waals surface area contributed by atoms with Crippen molar-refractivity contribution >= 4 is 0 Å². The Bertz CT molecular complexity index is 184. The van der Waals surface area contributed by atoms with Gasteiger partial charge in [0.05, 0.1) is 5.60 Å². The molecule has 2 rings (SSSR count). The van der Waals surface area contributed by atoms with Crippen molar-refractivity contribution in [3.63, 3.8) is 0 Å². The lowest BCUT2D eigenvalue weighted by Gasteiger charge is -2.38. The second kappa shape index (κ2) is 2.46. The summed E-state index contributed by atoms with van der Waals surface area (Å²) in [5.41, 5.74) is 6.45. The molecule has 0 bridgehead atoms. The molecule has 2 heteroatoms. The van der Waals surface area contributed by atoms with E-state index >= 15 is 0 Å². The van der Waals surface area contributed by atoms with Crippen molar-refractivity contribution in [2.75, 3.05) is 6.61 Å². The molecule has 0 spiro atoms. The predicted octanol–water partition coefficient (Wildman–Crippen LogP) is 1.68. The highest BCUT2D eigenvalue weighted by Crippen LogP contribution is 2.46. The van der Waals surface area contributed by atoms with Gasteiger partial charge in [-0.1, -0.05) is 0 Å². The molecule has 1 saturated heterocycles. The smallest absolute Gasteiger partial charge is 0.0629 e. The molecule has 0 aromatic rings. The van der Waals surface area contributed by atoms with Crippen molar-refractivity contribution in [2.24, 2.45) is 11.7 Å². The molecule has 2 fully saturated rings. The molecule has 70 valence electrons. The van der Waals surface area contributed by atoms with E-state index in [2.05, 4.69) is 13.8 Å². The van der Waals surface area contributed by atoms with E-state index in [1.165, 1.54) is 19.3 Å². The SMILES string of the molecule is CC1(C)C[C@H](C2(N)CC2)CCO1. The fourth-order valence-electron chi connectivity index (χ4n) is 2.28. The van der Waals surface area contributed by atoms with Gasteiger partial charge in [-0.25, -0.2) is 0 Å². The molecular formula is C10H19NO. The number of hydrogen-bond donors (Lipinski definition) is 1. The minimum atomic E-state index is 0.0673. The Balaban J connectivity index is 1.99. The van der Waals surface area contributed by atoms with E-state index in [0.29, 0.717) is 5.92 Å². The first-order chi connectivity index (χ1) is 5.52. The van der Waals surface area contributed by atoms with Gasteiger partial charge in [-0.2, -0.15) is 0 Å². The van der Waals surface area contributed by atoms with Crippen LogP contribution in [0.15, 0.2) is 0 Å². The van der Waals surface area contributed by atoms with Crippen LogP contribution in [-0.2, 0) is 4.74 Å². The third kappa shape index (κ3) is 1.50. The van der Waals surface area contributed by atoms with Crippen molar-refractivity contribution in [1.82, 2.24) is 0 Å². The van der Waals surface area contributed by atoms with E-state index in [1.807, 2.05) is 0 Å². The lowest BCUT2D eigenvalue weighted by molar-refractivity contribution is -0.0782. The summed E-state index contributed by atoms with van der Waals surface area (Å²) in [4.78, 5) is 0. The van der Waals surface area contributed by atoms with Gasteiger partial charge in [0.1, 0.15) is 0 Å². The zero-order chi connectivity index (χ0) is 8.82. The molecule has 2 nitrogen and oxygen atoms in total. The minimum absolute atomic E-state index is 0.0673. The van der Waals surface area contributed by atoms with Crippen LogP contribution in [0.4, 0.5) is 0 Å². The maximum Gasteiger partial charge on any atom is 0.0629 e. The van der Waals surface area contributed by atoms with E-state index in [4.69, 9.17) is 10.5 Å². The van der Waals surface area contributed by atoms with Gasteiger partial charge >= 0.3 is 0 Å². The lowest BCUT2D eigenvalue weighted by Crippen LogP contribution is -2.43. The normalized spacial score (nSPS) is 37.8. The van der Waals surface area contributed by atoms with Crippen LogP contribution in [0.3, 0.4) is 0 Å². The predicted molar refractivity (Wildman–Crippen MR) is 48.9 cm³/mol. The van der Waals surface area contributed by atoms with Crippen LogP contribution >= 0.6 is 0 Å². The molecule has 1 saturated carbocycles. The fourth-order valence-corrected chi connectivity index (χ4v) is 2.28. The summed E-state index contributed by atoms with van der Waals surface area (Å²) >= 11 is 0. The number of rotatable bonds is 1. The van der Waals surface area contributed by atoms with Crippen LogP contribution in [0, 0.1) is 5.92 Å². The number of ether oxygens (including phenoxy) is 1. The van der Waals surface area contributed by atoms with Crippen LogP contribution in [0.2, 0.25) is 0 Å². The van der Waals surface area contributed by atoms with E-state index < -0.39 is 0 Å². The van der Waals surface area contributed by atoms with Gasteiger partial charge in [-0.05, 0) is 45.4 Å². The molecule has 2 N–H and O–H groups in total. The average Bonchev–Trinajstić information content (AvgIpc) is 2.67. The van der Waals surface area contributed by atoms with Crippen molar-refractivity contribution in [2.45, 2.75) is 50.7 Å². The Kier molecular flexibility index (Phi) is 1.74. The Morgan fingerprint density at radius 1 is 1.33 bits per heavy atom. The van der Waals surface area contributed by atoms with Crippen LogP contribution in [-0.4, -0.2) is 17.7 Å². The highest BCUT2D eigenvalue weighted by atomic mass is 16.5. The van der Waals surface area contributed by atoms with E-state index in [1.54, 1.807) is 0 Å². The van der Waals surface area contributed by atoms with E-state index in [0.717, 1.165) is 13.0 Å². The zero-order valence-corrected chi connectivity index (χ0v) is 8.10. The fraction of sp³-hybridized carbons (Fsp3) is 1.00. The highest BCUT2D eigenvalue weighted by molar-refractivity contribution is 5.06. The Labute approximate surface area is 74.5 Å². The summed E-state index contributed by atoms with van der Waals surface area (Å²) in [7, 11) is 0. The maximum atomic E-state index is 6.19. The Morgan fingerprint density at radius 3 is 2.50 bits per heavy atom. The van der Waals surface area contributed by atoms with E-state index in [-0.39, 0.29) is 11.1 Å². The van der Waals surface area contributed by atoms with Crippen molar-refractivity contribution in [3.05, 3.63) is 0 Å². The van der Waals surface area contributed by atoms with Crippen LogP contribution < -0.4 is 5.73 Å². The van der Waals surface area contributed by atoms with Crippen LogP contribution in [0.25, 0.3) is 0 Å². The molecule has 1 atom stereocenters. The Hall–Kier alpha value is -0.0800. The molecule has 0 amide bonds. The molecule has 1 heterocycles. The molecule has 1 aliphatic carbocycles. The average molecular weight is 169 g/mol. The van der Waals surface area contributed by atoms with Crippen molar-refractivity contribution in [1.29, 1.82) is 0 Å². The summed E-state index contributed by atoms with van der Waals surface area (Å²) in [6, 6.07) is 0. The third-order valence-electron chi connectivity index (χ3n) is 3.34. The first kappa shape index (κ1) is 8.52. The first-order valence-electron chi connectivity index (χ1n) is 4.95. The second-order valence-corrected chi connectivity index (χ2v) is 5.03. The van der Waals surface area contributed by atoms with Gasteiger partial charge in [0.2, 0.25) is 0 Å². The summed E-state index contributed by atoms with van der Waals surface area (Å²) in [6.07, 6.45) is 4.77. The summed E-state index contributed by atoms with van der Waals surface area (Å²) in [5.74, 6) is 0.709. The quantitative estimate of drug-likeness (QED) is 0.648. The molecule has 0 unspecified atom stereocenters. The number of hydrogen-bond acceptors (Lipinski definition) is 2. The maximum absolute atomic E-state index is 6.19. The third-order valence-corrected chi connectivity index (χ3v) is 3.34. The topological polar surface area (TPSA) is 35.2 Å². The molecule has 1 aliphatic heterocycles. The summed E-state index contributed by atoms with van der Waals surface area (Å²) in [6.45, 7) is 5.24. The second-order valence-electron chi connectivity index (χ2n) is 5.03. The molecule has 0 aromatic heterocycles. The van der Waals surface area contributed by atoms with Gasteiger partial charge in [0, 0.05) is 12.1 Å². The highest BCUT2D eigenvalue weighted by Gasteiger charge is 2.48. The molecule has 0 radical (unpaired) electrons. The largest absolute Gasteiger partial charge is 0.376 e. The van der Waals surface area contributed by atoms with Crippen LogP contribution in [0.1, 0.15) is 39.5 Å². The summed E-state index contributed by atoms with van der Waals surface area (Å²) in [5, 5.41) is 0. The molecule has 12 heavy (non-hydrogen) atoms. The Morgan fingerprint density at radius 2 is 2.00 bits per heavy atom. The summed E-state index contributed by atoms with van der Waals surface area (Å²) < 4.78 is 5.66. The van der Waals surface area contributed by atoms with Gasteiger partial charge in [0.25, 0.3) is 0 Å². The van der Waals surface area contributed by atoms with Crippen LogP contribution in [0.5, 0.6) is 0 Å². The van der Waals surface area contributed by atoms with Crippen molar-refractivity contribution in [3.8, 4) is 0 Å². The van der Waals surface area contributed by atoms with Gasteiger partial charge < -0.3 is 10.5 Å². The van der Waals surface area contributed by atoms with Gasteiger partial charge in [-0.15, -0.1) is 0 Å². The monoisotopic (exact) mass is 169 g/mol. The van der Waals surface area contributed by atoms with E-state index in [9.17, 15) is 0 Å². The lowest BCUT2D eigenvalue weighted by atomic mass is 9.82. The molecular weight excluding hydrogens is 150 g/mol. The first-order valence-corrected chi connectivity index (χ1v) is 4.95. The zero-order valence-electron chi connectivity index (χ0n) is 8.10. The molecule has 0 aromatic carbocycles. The molecule has 2 aliphatic rings.